The van der Waals surface area contributed by atoms with Crippen LogP contribution in [0.4, 0.5) is 4.79 Å². The average Bonchev–Trinajstić information content (AvgIpc) is 3.11. The summed E-state index contributed by atoms with van der Waals surface area (Å²) in [4.78, 5) is 13.8. The van der Waals surface area contributed by atoms with Gasteiger partial charge in [-0.15, -0.1) is 21.5 Å². The lowest BCUT2D eigenvalue weighted by molar-refractivity contribution is 0.182. The fraction of sp³-hybridized carbons (Fsp3) is 0.500. The third-order valence-electron chi connectivity index (χ3n) is 4.46. The molecule has 0 spiro atoms. The monoisotopic (exact) mass is 360 g/mol. The van der Waals surface area contributed by atoms with Crippen molar-refractivity contribution in [3.05, 3.63) is 39.8 Å². The second-order valence-electron chi connectivity index (χ2n) is 6.16. The summed E-state index contributed by atoms with van der Waals surface area (Å²) in [5.41, 5.74) is 1.20. The number of piperidine rings is 1. The summed E-state index contributed by atoms with van der Waals surface area (Å²) in [5.74, 6) is 1.27. The first kappa shape index (κ1) is 17.7. The van der Waals surface area contributed by atoms with Crippen molar-refractivity contribution < 1.29 is 9.53 Å². The van der Waals surface area contributed by atoms with E-state index in [0.29, 0.717) is 12.5 Å². The van der Waals surface area contributed by atoms with Gasteiger partial charge in [-0.2, -0.15) is 0 Å². The van der Waals surface area contributed by atoms with Crippen LogP contribution in [0.2, 0.25) is 0 Å². The van der Waals surface area contributed by atoms with Gasteiger partial charge in [0.15, 0.2) is 0 Å². The van der Waals surface area contributed by atoms with Crippen molar-refractivity contribution >= 4 is 17.4 Å². The zero-order valence-corrected chi connectivity index (χ0v) is 15.5. The fourth-order valence-corrected chi connectivity index (χ4v) is 4.06. The maximum atomic E-state index is 11.9. The van der Waals surface area contributed by atoms with Gasteiger partial charge in [0.25, 0.3) is 0 Å². The molecular formula is C18H24N4O2S. The molecule has 0 atom stereocenters. The van der Waals surface area contributed by atoms with E-state index in [2.05, 4.69) is 27.6 Å². The normalized spacial score (nSPS) is 15.2. The molecule has 1 aromatic heterocycles. The van der Waals surface area contributed by atoms with E-state index in [9.17, 15) is 4.79 Å². The number of benzene rings is 1. The number of amides is 2. The molecule has 0 bridgehead atoms. The highest BCUT2D eigenvalue weighted by atomic mass is 32.1. The first-order valence-corrected chi connectivity index (χ1v) is 9.49. The number of aromatic nitrogens is 2. The lowest BCUT2D eigenvalue weighted by Gasteiger charge is -2.30. The molecule has 1 aliphatic heterocycles. The van der Waals surface area contributed by atoms with Crippen molar-refractivity contribution in [3.8, 4) is 5.75 Å². The zero-order valence-electron chi connectivity index (χ0n) is 14.7. The van der Waals surface area contributed by atoms with Gasteiger partial charge in [-0.25, -0.2) is 4.79 Å². The highest BCUT2D eigenvalue weighted by Gasteiger charge is 2.25. The smallest absolute Gasteiger partial charge is 0.317 e. The largest absolute Gasteiger partial charge is 0.497 e. The van der Waals surface area contributed by atoms with E-state index < -0.39 is 0 Å². The van der Waals surface area contributed by atoms with Crippen molar-refractivity contribution in [2.75, 3.05) is 26.7 Å². The highest BCUT2D eigenvalue weighted by molar-refractivity contribution is 7.11. The van der Waals surface area contributed by atoms with Crippen LogP contribution < -0.4 is 10.1 Å². The Balaban J connectivity index is 1.55. The Morgan fingerprint density at radius 2 is 2.00 bits per heavy atom. The first-order chi connectivity index (χ1) is 12.2. The molecule has 1 aromatic carbocycles. The minimum Gasteiger partial charge on any atom is -0.497 e. The third kappa shape index (κ3) is 4.48. The van der Waals surface area contributed by atoms with Gasteiger partial charge in [0.2, 0.25) is 0 Å². The molecule has 1 fully saturated rings. The summed E-state index contributed by atoms with van der Waals surface area (Å²) in [5, 5.41) is 13.8. The summed E-state index contributed by atoms with van der Waals surface area (Å²) in [7, 11) is 1.67. The molecule has 25 heavy (non-hydrogen) atoms. The van der Waals surface area contributed by atoms with Gasteiger partial charge >= 0.3 is 6.03 Å². The molecule has 1 N–H and O–H groups in total. The van der Waals surface area contributed by atoms with Gasteiger partial charge in [0.05, 0.1) is 7.11 Å². The van der Waals surface area contributed by atoms with Crippen LogP contribution in [-0.4, -0.2) is 47.9 Å². The number of carbonyl (C=O) groups excluding carboxylic acids is 1. The number of hydrogen-bond donors (Lipinski definition) is 1. The zero-order chi connectivity index (χ0) is 17.6. The predicted molar refractivity (Wildman–Crippen MR) is 98.3 cm³/mol. The molecule has 1 aliphatic rings. The number of hydrogen-bond acceptors (Lipinski definition) is 5. The summed E-state index contributed by atoms with van der Waals surface area (Å²) in [6, 6.07) is 8.09. The number of nitrogens with zero attached hydrogens (tertiary/aromatic N) is 3. The number of likely N-dealkylation sites (tertiary alicyclic amines) is 1. The van der Waals surface area contributed by atoms with Crippen LogP contribution in [-0.2, 0) is 6.42 Å². The summed E-state index contributed by atoms with van der Waals surface area (Å²) in [6.07, 6.45) is 2.70. The molecule has 0 radical (unpaired) electrons. The van der Waals surface area contributed by atoms with E-state index in [1.807, 2.05) is 24.0 Å². The third-order valence-corrected chi connectivity index (χ3v) is 5.54. The van der Waals surface area contributed by atoms with Crippen LogP contribution >= 0.6 is 11.3 Å². The molecule has 7 heteroatoms. The van der Waals surface area contributed by atoms with Gasteiger partial charge in [0.1, 0.15) is 15.8 Å². The van der Waals surface area contributed by atoms with Gasteiger partial charge in [-0.1, -0.05) is 12.1 Å². The standard InChI is InChI=1S/C18H24N4O2S/c1-3-19-18(23)22-10-8-14(9-11-22)17-21-20-16(25-17)12-13-4-6-15(24-2)7-5-13/h4-7,14H,3,8-12H2,1-2H3,(H,19,23). The average molecular weight is 360 g/mol. The molecule has 0 saturated carbocycles. The Labute approximate surface area is 152 Å². The molecule has 2 amide bonds. The van der Waals surface area contributed by atoms with E-state index in [-0.39, 0.29) is 6.03 Å². The molecule has 0 aliphatic carbocycles. The Hall–Kier alpha value is -2.15. The summed E-state index contributed by atoms with van der Waals surface area (Å²) >= 11 is 1.69. The number of nitrogens with one attached hydrogen (secondary N) is 1. The summed E-state index contributed by atoms with van der Waals surface area (Å²) < 4.78 is 5.19. The Bertz CT molecular complexity index is 693. The maximum Gasteiger partial charge on any atom is 0.317 e. The molecule has 2 aromatic rings. The summed E-state index contributed by atoms with van der Waals surface area (Å²) in [6.45, 7) is 4.17. The van der Waals surface area contributed by atoms with E-state index in [0.717, 1.165) is 48.1 Å². The minimum absolute atomic E-state index is 0.0402. The number of carbonyl (C=O) groups is 1. The lowest BCUT2D eigenvalue weighted by atomic mass is 9.98. The second-order valence-corrected chi connectivity index (χ2v) is 7.25. The van der Waals surface area contributed by atoms with Crippen molar-refractivity contribution in [3.63, 3.8) is 0 Å². The quantitative estimate of drug-likeness (QED) is 0.890. The lowest BCUT2D eigenvalue weighted by Crippen LogP contribution is -2.44. The Morgan fingerprint density at radius 1 is 1.28 bits per heavy atom. The van der Waals surface area contributed by atoms with Gasteiger partial charge < -0.3 is 15.0 Å². The first-order valence-electron chi connectivity index (χ1n) is 8.67. The van der Waals surface area contributed by atoms with E-state index >= 15 is 0 Å². The molecule has 6 nitrogen and oxygen atoms in total. The van der Waals surface area contributed by atoms with E-state index in [4.69, 9.17) is 4.74 Å². The van der Waals surface area contributed by atoms with Crippen LogP contribution in [0.1, 0.15) is 41.3 Å². The maximum absolute atomic E-state index is 11.9. The van der Waals surface area contributed by atoms with Gasteiger partial charge in [-0.3, -0.25) is 0 Å². The van der Waals surface area contributed by atoms with Crippen molar-refractivity contribution in [2.24, 2.45) is 0 Å². The van der Waals surface area contributed by atoms with Crippen LogP contribution in [0.25, 0.3) is 0 Å². The van der Waals surface area contributed by atoms with Crippen molar-refractivity contribution in [2.45, 2.75) is 32.1 Å². The highest BCUT2D eigenvalue weighted by Crippen LogP contribution is 2.30. The molecule has 2 heterocycles. The van der Waals surface area contributed by atoms with E-state index in [1.54, 1.807) is 18.4 Å². The van der Waals surface area contributed by atoms with Crippen molar-refractivity contribution in [1.82, 2.24) is 20.4 Å². The number of urea groups is 1. The Kier molecular flexibility index (Phi) is 5.86. The van der Waals surface area contributed by atoms with Crippen LogP contribution in [0.5, 0.6) is 5.75 Å². The van der Waals surface area contributed by atoms with Gasteiger partial charge in [-0.05, 0) is 37.5 Å². The van der Waals surface area contributed by atoms with E-state index in [1.165, 1.54) is 5.56 Å². The van der Waals surface area contributed by atoms with Crippen molar-refractivity contribution in [1.29, 1.82) is 0 Å². The van der Waals surface area contributed by atoms with Crippen LogP contribution in [0, 0.1) is 0 Å². The fourth-order valence-electron chi connectivity index (χ4n) is 3.01. The molecule has 0 unspecified atom stereocenters. The topological polar surface area (TPSA) is 67.4 Å². The number of rotatable bonds is 5. The molecule has 134 valence electrons. The molecule has 1 saturated heterocycles. The molecule has 3 rings (SSSR count). The Morgan fingerprint density at radius 3 is 2.64 bits per heavy atom. The number of methoxy groups -OCH3 is 1. The molecular weight excluding hydrogens is 336 g/mol. The number of ether oxygens (including phenoxy) is 1. The van der Waals surface area contributed by atoms with Gasteiger partial charge in [0, 0.05) is 32.0 Å². The minimum atomic E-state index is 0.0402. The van der Waals surface area contributed by atoms with Crippen LogP contribution in [0.3, 0.4) is 0 Å². The second kappa shape index (κ2) is 8.29. The SMILES string of the molecule is CCNC(=O)N1CCC(c2nnc(Cc3ccc(OC)cc3)s2)CC1. The van der Waals surface area contributed by atoms with Crippen LogP contribution in [0.15, 0.2) is 24.3 Å². The predicted octanol–water partition coefficient (Wildman–Crippen LogP) is 3.05.